The van der Waals surface area contributed by atoms with Gasteiger partial charge in [-0.15, -0.1) is 0 Å². The lowest BCUT2D eigenvalue weighted by atomic mass is 10.1. The highest BCUT2D eigenvalue weighted by Crippen LogP contribution is 2.26. The lowest BCUT2D eigenvalue weighted by molar-refractivity contribution is -0.114. The zero-order valence-electron chi connectivity index (χ0n) is 17.7. The van der Waals surface area contributed by atoms with Crippen LogP contribution in [-0.4, -0.2) is 20.2 Å². The second kappa shape index (κ2) is 9.42. The summed E-state index contributed by atoms with van der Waals surface area (Å²) in [5, 5.41) is 5.55. The molecule has 3 aromatic rings. The average molecular weight is 472 g/mol. The van der Waals surface area contributed by atoms with E-state index in [0.717, 1.165) is 5.56 Å². The van der Waals surface area contributed by atoms with Crippen molar-refractivity contribution >= 4 is 50.5 Å². The van der Waals surface area contributed by atoms with E-state index in [1.54, 1.807) is 43.3 Å². The van der Waals surface area contributed by atoms with Crippen LogP contribution >= 0.6 is 11.6 Å². The second-order valence-corrected chi connectivity index (χ2v) is 9.37. The predicted octanol–water partition coefficient (Wildman–Crippen LogP) is 4.97. The van der Waals surface area contributed by atoms with E-state index in [4.69, 9.17) is 11.6 Å². The number of amides is 2. The molecule has 0 atom stereocenters. The molecule has 0 radical (unpaired) electrons. The van der Waals surface area contributed by atoms with Gasteiger partial charge in [0.25, 0.3) is 15.9 Å². The zero-order chi connectivity index (χ0) is 23.5. The van der Waals surface area contributed by atoms with Gasteiger partial charge in [0.05, 0.1) is 15.6 Å². The Hall–Kier alpha value is -3.36. The van der Waals surface area contributed by atoms with Gasteiger partial charge in [-0.3, -0.25) is 14.3 Å². The van der Waals surface area contributed by atoms with Crippen LogP contribution in [0.3, 0.4) is 0 Å². The minimum atomic E-state index is -3.89. The Kier molecular flexibility index (Phi) is 6.86. The van der Waals surface area contributed by atoms with E-state index in [1.165, 1.54) is 25.1 Å². The summed E-state index contributed by atoms with van der Waals surface area (Å²) < 4.78 is 28.2. The Morgan fingerprint density at radius 3 is 2.28 bits per heavy atom. The van der Waals surface area contributed by atoms with Gasteiger partial charge in [-0.05, 0) is 67.4 Å². The van der Waals surface area contributed by atoms with Crippen LogP contribution in [0.25, 0.3) is 0 Å². The van der Waals surface area contributed by atoms with Crippen molar-refractivity contribution in [2.75, 3.05) is 15.4 Å². The van der Waals surface area contributed by atoms with Crippen molar-refractivity contribution in [1.82, 2.24) is 0 Å². The smallest absolute Gasteiger partial charge is 0.261 e. The number of sulfonamides is 1. The molecule has 0 aliphatic carbocycles. The van der Waals surface area contributed by atoms with Crippen molar-refractivity contribution in [3.05, 3.63) is 82.4 Å². The highest BCUT2D eigenvalue weighted by atomic mass is 35.5. The number of nitrogens with one attached hydrogen (secondary N) is 3. The van der Waals surface area contributed by atoms with Crippen LogP contribution in [0.1, 0.15) is 28.4 Å². The first kappa shape index (κ1) is 23.3. The Labute approximate surface area is 191 Å². The Morgan fingerprint density at radius 2 is 1.62 bits per heavy atom. The zero-order valence-corrected chi connectivity index (χ0v) is 19.3. The summed E-state index contributed by atoms with van der Waals surface area (Å²) >= 11 is 6.15. The van der Waals surface area contributed by atoms with E-state index in [-0.39, 0.29) is 21.4 Å². The molecule has 3 rings (SSSR count). The summed E-state index contributed by atoms with van der Waals surface area (Å²) in [6.07, 6.45) is 0. The molecule has 3 aromatic carbocycles. The summed E-state index contributed by atoms with van der Waals surface area (Å²) in [5.41, 5.74) is 2.99. The molecule has 32 heavy (non-hydrogen) atoms. The largest absolute Gasteiger partial charge is 0.325 e. The standard InChI is InChI=1S/C23H22ClN3O4S/c1-14-5-4-6-18(11-14)27-32(30,31)19-9-7-15(2)20(13-19)23(29)26-17-8-10-22(21(24)12-17)25-16(3)28/h4-13,27H,1-3H3,(H,25,28)(H,26,29). The molecule has 0 saturated carbocycles. The van der Waals surface area contributed by atoms with Crippen molar-refractivity contribution in [3.63, 3.8) is 0 Å². The number of carbonyl (C=O) groups is 2. The fraction of sp³-hybridized carbons (Fsp3) is 0.130. The first-order valence-corrected chi connectivity index (χ1v) is 11.5. The van der Waals surface area contributed by atoms with Crippen LogP contribution in [0.5, 0.6) is 0 Å². The van der Waals surface area contributed by atoms with Crippen LogP contribution < -0.4 is 15.4 Å². The molecule has 2 amide bonds. The number of rotatable bonds is 6. The van der Waals surface area contributed by atoms with E-state index in [0.29, 0.717) is 22.6 Å². The number of hydrogen-bond donors (Lipinski definition) is 3. The average Bonchev–Trinajstić information content (AvgIpc) is 2.69. The molecule has 0 aliphatic heterocycles. The van der Waals surface area contributed by atoms with Crippen molar-refractivity contribution in [1.29, 1.82) is 0 Å². The summed E-state index contributed by atoms with van der Waals surface area (Å²) in [7, 11) is -3.89. The maximum absolute atomic E-state index is 12.9. The number of aryl methyl sites for hydroxylation is 2. The van der Waals surface area contributed by atoms with Gasteiger partial charge in [-0.25, -0.2) is 8.42 Å². The van der Waals surface area contributed by atoms with Crippen LogP contribution in [0.2, 0.25) is 5.02 Å². The summed E-state index contributed by atoms with van der Waals surface area (Å²) in [6.45, 7) is 4.94. The molecule has 0 bridgehead atoms. The van der Waals surface area contributed by atoms with E-state index in [9.17, 15) is 18.0 Å². The summed E-state index contributed by atoms with van der Waals surface area (Å²) in [5.74, 6) is -0.755. The van der Waals surface area contributed by atoms with Crippen molar-refractivity contribution < 1.29 is 18.0 Å². The quantitative estimate of drug-likeness (QED) is 0.472. The number of anilines is 3. The van der Waals surface area contributed by atoms with Gasteiger partial charge >= 0.3 is 0 Å². The van der Waals surface area contributed by atoms with E-state index >= 15 is 0 Å². The first-order valence-electron chi connectivity index (χ1n) is 9.64. The van der Waals surface area contributed by atoms with Crippen molar-refractivity contribution in [3.8, 4) is 0 Å². The van der Waals surface area contributed by atoms with E-state index in [1.807, 2.05) is 13.0 Å². The molecule has 3 N–H and O–H groups in total. The SMILES string of the molecule is CC(=O)Nc1ccc(NC(=O)c2cc(S(=O)(=O)Nc3cccc(C)c3)ccc2C)cc1Cl. The highest BCUT2D eigenvalue weighted by Gasteiger charge is 2.19. The molecule has 0 aliphatic rings. The fourth-order valence-corrected chi connectivity index (χ4v) is 4.32. The van der Waals surface area contributed by atoms with E-state index < -0.39 is 15.9 Å². The van der Waals surface area contributed by atoms with Gasteiger partial charge < -0.3 is 10.6 Å². The Balaban J connectivity index is 1.84. The number of hydrogen-bond acceptors (Lipinski definition) is 4. The lowest BCUT2D eigenvalue weighted by Crippen LogP contribution is -2.17. The molecule has 0 saturated heterocycles. The lowest BCUT2D eigenvalue weighted by Gasteiger charge is -2.13. The highest BCUT2D eigenvalue weighted by molar-refractivity contribution is 7.92. The molecule has 9 heteroatoms. The van der Waals surface area contributed by atoms with Gasteiger partial charge in [0.15, 0.2) is 0 Å². The van der Waals surface area contributed by atoms with Gasteiger partial charge in [0, 0.05) is 23.9 Å². The summed E-state index contributed by atoms with van der Waals surface area (Å²) in [6, 6.07) is 16.0. The molecule has 0 unspecified atom stereocenters. The van der Waals surface area contributed by atoms with Crippen LogP contribution in [0, 0.1) is 13.8 Å². The van der Waals surface area contributed by atoms with Crippen molar-refractivity contribution in [2.24, 2.45) is 0 Å². The molecule has 0 fully saturated rings. The minimum Gasteiger partial charge on any atom is -0.325 e. The van der Waals surface area contributed by atoms with Gasteiger partial charge in [0.2, 0.25) is 5.91 Å². The number of benzene rings is 3. The molecule has 0 heterocycles. The molecule has 7 nitrogen and oxygen atoms in total. The van der Waals surface area contributed by atoms with Gasteiger partial charge in [-0.2, -0.15) is 0 Å². The normalized spacial score (nSPS) is 11.0. The Morgan fingerprint density at radius 1 is 0.875 bits per heavy atom. The third-order valence-electron chi connectivity index (χ3n) is 4.57. The maximum atomic E-state index is 12.9. The van der Waals surface area contributed by atoms with Crippen LogP contribution in [0.15, 0.2) is 65.6 Å². The number of carbonyl (C=O) groups excluding carboxylic acids is 2. The molecule has 166 valence electrons. The topological polar surface area (TPSA) is 104 Å². The molecular formula is C23H22ClN3O4S. The van der Waals surface area contributed by atoms with E-state index in [2.05, 4.69) is 15.4 Å². The minimum absolute atomic E-state index is 0.0335. The maximum Gasteiger partial charge on any atom is 0.261 e. The Bertz CT molecular complexity index is 1310. The predicted molar refractivity (Wildman–Crippen MR) is 127 cm³/mol. The summed E-state index contributed by atoms with van der Waals surface area (Å²) in [4.78, 5) is 24.0. The first-order chi connectivity index (χ1) is 15.0. The van der Waals surface area contributed by atoms with Crippen molar-refractivity contribution in [2.45, 2.75) is 25.7 Å². The molecular weight excluding hydrogens is 450 g/mol. The van der Waals surface area contributed by atoms with Gasteiger partial charge in [-0.1, -0.05) is 29.8 Å². The second-order valence-electron chi connectivity index (χ2n) is 7.28. The molecule has 0 aromatic heterocycles. The van der Waals surface area contributed by atoms with Crippen LogP contribution in [-0.2, 0) is 14.8 Å². The van der Waals surface area contributed by atoms with Crippen LogP contribution in [0.4, 0.5) is 17.1 Å². The monoisotopic (exact) mass is 471 g/mol. The third kappa shape index (κ3) is 5.66. The number of halogens is 1. The molecule has 0 spiro atoms. The third-order valence-corrected chi connectivity index (χ3v) is 6.26. The van der Waals surface area contributed by atoms with Gasteiger partial charge in [0.1, 0.15) is 0 Å². The fourth-order valence-electron chi connectivity index (χ4n) is 3.02.